The van der Waals surface area contributed by atoms with Gasteiger partial charge in [0.2, 0.25) is 0 Å². The van der Waals surface area contributed by atoms with E-state index in [1.54, 1.807) is 50.6 Å². The van der Waals surface area contributed by atoms with Gasteiger partial charge in [-0.05, 0) is 72.8 Å². The number of hydrogen-bond donors (Lipinski definition) is 2. The Morgan fingerprint density at radius 2 is 1.54 bits per heavy atom. The first-order chi connectivity index (χ1) is 16.9. The van der Waals surface area contributed by atoms with Crippen LogP contribution in [0, 0.1) is 5.82 Å². The summed E-state index contributed by atoms with van der Waals surface area (Å²) >= 11 is 0. The molecule has 35 heavy (non-hydrogen) atoms. The quantitative estimate of drug-likeness (QED) is 0.338. The van der Waals surface area contributed by atoms with Crippen LogP contribution in [0.25, 0.3) is 11.3 Å². The molecule has 1 aromatic heterocycles. The fraction of sp³-hybridized carbons (Fsp3) is 0.111. The summed E-state index contributed by atoms with van der Waals surface area (Å²) in [6.45, 7) is 0.444. The van der Waals surface area contributed by atoms with Gasteiger partial charge in [-0.25, -0.2) is 9.37 Å². The molecule has 0 aliphatic heterocycles. The molecule has 3 N–H and O–H groups in total. The lowest BCUT2D eigenvalue weighted by atomic mass is 10.1. The Morgan fingerprint density at radius 1 is 0.886 bits per heavy atom. The summed E-state index contributed by atoms with van der Waals surface area (Å²) in [4.78, 5) is 16.3. The van der Waals surface area contributed by atoms with Gasteiger partial charge in [-0.1, -0.05) is 0 Å². The third-order valence-corrected chi connectivity index (χ3v) is 5.25. The van der Waals surface area contributed by atoms with Crippen LogP contribution in [0.3, 0.4) is 0 Å². The molecule has 1 amide bonds. The maximum absolute atomic E-state index is 13.1. The number of nitrogens with one attached hydrogen (secondary N) is 1. The molecule has 0 spiro atoms. The number of carbonyl (C=O) groups excluding carboxylic acids is 1. The predicted molar refractivity (Wildman–Crippen MR) is 132 cm³/mol. The highest BCUT2D eigenvalue weighted by atomic mass is 19.1. The lowest BCUT2D eigenvalue weighted by molar-refractivity contribution is 0.0995. The van der Waals surface area contributed by atoms with Gasteiger partial charge in [0.05, 0.1) is 19.9 Å². The number of rotatable bonds is 9. The van der Waals surface area contributed by atoms with Crippen LogP contribution in [0.1, 0.15) is 16.1 Å². The molecule has 0 aliphatic rings. The molecule has 0 fully saturated rings. The molecular weight excluding hydrogens is 449 g/mol. The zero-order valence-corrected chi connectivity index (χ0v) is 19.2. The molecule has 3 aromatic carbocycles. The fourth-order valence-electron chi connectivity index (χ4n) is 3.43. The molecule has 0 unspecified atom stereocenters. The first kappa shape index (κ1) is 23.6. The van der Waals surface area contributed by atoms with Crippen LogP contribution in [-0.4, -0.2) is 25.1 Å². The molecule has 4 aromatic rings. The second-order valence-corrected chi connectivity index (χ2v) is 7.60. The number of carbonyl (C=O) groups is 1. The minimum Gasteiger partial charge on any atom is -0.497 e. The van der Waals surface area contributed by atoms with Crippen LogP contribution in [0.4, 0.5) is 10.1 Å². The van der Waals surface area contributed by atoms with E-state index in [0.29, 0.717) is 40.9 Å². The maximum atomic E-state index is 13.1. The van der Waals surface area contributed by atoms with Crippen molar-refractivity contribution in [2.45, 2.75) is 6.54 Å². The second-order valence-electron chi connectivity index (χ2n) is 7.60. The summed E-state index contributed by atoms with van der Waals surface area (Å²) in [5.74, 6) is 1.51. The summed E-state index contributed by atoms with van der Waals surface area (Å²) in [6.07, 6.45) is 0. The van der Waals surface area contributed by atoms with E-state index < -0.39 is 5.91 Å². The van der Waals surface area contributed by atoms with Gasteiger partial charge in [-0.2, -0.15) is 0 Å². The highest BCUT2D eigenvalue weighted by Crippen LogP contribution is 2.29. The average molecular weight is 474 g/mol. The standard InChI is InChI=1S/C27H24FN3O4/c1-33-23-10-5-18(26(15-23)34-2)16-30-20-13-24(31-25(14-20)27(29)32)17-3-8-21(9-4-17)35-22-11-6-19(28)7-12-22/h3-15H,16H2,1-2H3,(H2,29,32)(H,30,31). The third kappa shape index (κ3) is 5.86. The van der Waals surface area contributed by atoms with E-state index >= 15 is 0 Å². The van der Waals surface area contributed by atoms with E-state index in [9.17, 15) is 9.18 Å². The van der Waals surface area contributed by atoms with E-state index in [2.05, 4.69) is 10.3 Å². The van der Waals surface area contributed by atoms with Crippen LogP contribution in [0.2, 0.25) is 0 Å². The zero-order valence-electron chi connectivity index (χ0n) is 19.2. The van der Waals surface area contributed by atoms with Crippen molar-refractivity contribution in [3.63, 3.8) is 0 Å². The molecular formula is C27H24FN3O4. The average Bonchev–Trinajstić information content (AvgIpc) is 2.89. The van der Waals surface area contributed by atoms with Crippen molar-refractivity contribution in [3.05, 3.63) is 95.9 Å². The monoisotopic (exact) mass is 473 g/mol. The van der Waals surface area contributed by atoms with Crippen molar-refractivity contribution in [2.75, 3.05) is 19.5 Å². The van der Waals surface area contributed by atoms with Crippen molar-refractivity contribution in [1.82, 2.24) is 4.98 Å². The lowest BCUT2D eigenvalue weighted by Gasteiger charge is -2.13. The van der Waals surface area contributed by atoms with Crippen LogP contribution in [-0.2, 0) is 6.54 Å². The number of pyridine rings is 1. The molecule has 0 radical (unpaired) electrons. The second kappa shape index (κ2) is 10.6. The van der Waals surface area contributed by atoms with Gasteiger partial charge in [-0.3, -0.25) is 4.79 Å². The number of amides is 1. The molecule has 1 heterocycles. The van der Waals surface area contributed by atoms with Crippen molar-refractivity contribution < 1.29 is 23.4 Å². The Labute approximate surface area is 202 Å². The number of primary amides is 1. The van der Waals surface area contributed by atoms with Gasteiger partial charge in [0.1, 0.15) is 34.5 Å². The fourth-order valence-corrected chi connectivity index (χ4v) is 3.43. The number of halogens is 1. The number of aromatic nitrogens is 1. The molecule has 0 saturated carbocycles. The Hall–Kier alpha value is -4.59. The summed E-state index contributed by atoms with van der Waals surface area (Å²) in [5, 5.41) is 3.30. The number of ether oxygens (including phenoxy) is 3. The van der Waals surface area contributed by atoms with Crippen LogP contribution in [0.15, 0.2) is 78.9 Å². The summed E-state index contributed by atoms with van der Waals surface area (Å²) in [6, 6.07) is 21.9. The van der Waals surface area contributed by atoms with Crippen LogP contribution < -0.4 is 25.3 Å². The number of anilines is 1. The highest BCUT2D eigenvalue weighted by Gasteiger charge is 2.11. The minimum absolute atomic E-state index is 0.137. The van der Waals surface area contributed by atoms with E-state index in [-0.39, 0.29) is 11.5 Å². The topological polar surface area (TPSA) is 95.7 Å². The van der Waals surface area contributed by atoms with Crippen molar-refractivity contribution >= 4 is 11.6 Å². The van der Waals surface area contributed by atoms with Gasteiger partial charge < -0.3 is 25.3 Å². The van der Waals surface area contributed by atoms with E-state index in [4.69, 9.17) is 19.9 Å². The summed E-state index contributed by atoms with van der Waals surface area (Å²) < 4.78 is 29.5. The Kier molecular flexibility index (Phi) is 7.11. The summed E-state index contributed by atoms with van der Waals surface area (Å²) in [7, 11) is 3.19. The Bertz CT molecular complexity index is 1330. The number of benzene rings is 3. The number of nitrogens with two attached hydrogens (primary N) is 1. The smallest absolute Gasteiger partial charge is 0.267 e. The van der Waals surface area contributed by atoms with E-state index in [1.807, 2.05) is 30.3 Å². The number of hydrogen-bond acceptors (Lipinski definition) is 6. The third-order valence-electron chi connectivity index (χ3n) is 5.25. The lowest BCUT2D eigenvalue weighted by Crippen LogP contribution is -2.14. The van der Waals surface area contributed by atoms with Crippen molar-refractivity contribution in [2.24, 2.45) is 5.73 Å². The van der Waals surface area contributed by atoms with Crippen LogP contribution in [0.5, 0.6) is 23.0 Å². The van der Waals surface area contributed by atoms with Gasteiger partial charge in [-0.15, -0.1) is 0 Å². The van der Waals surface area contributed by atoms with E-state index in [1.165, 1.54) is 12.1 Å². The molecule has 7 nitrogen and oxygen atoms in total. The predicted octanol–water partition coefficient (Wildman–Crippen LogP) is 5.41. The maximum Gasteiger partial charge on any atom is 0.267 e. The molecule has 4 rings (SSSR count). The van der Waals surface area contributed by atoms with Crippen molar-refractivity contribution in [1.29, 1.82) is 0 Å². The molecule has 0 aliphatic carbocycles. The van der Waals surface area contributed by atoms with Crippen molar-refractivity contribution in [3.8, 4) is 34.3 Å². The largest absolute Gasteiger partial charge is 0.497 e. The van der Waals surface area contributed by atoms with Gasteiger partial charge in [0.25, 0.3) is 5.91 Å². The molecule has 8 heteroatoms. The number of nitrogens with zero attached hydrogens (tertiary/aromatic N) is 1. The van der Waals surface area contributed by atoms with Crippen LogP contribution >= 0.6 is 0 Å². The molecule has 178 valence electrons. The highest BCUT2D eigenvalue weighted by molar-refractivity contribution is 5.92. The zero-order chi connectivity index (χ0) is 24.8. The molecule has 0 bridgehead atoms. The van der Waals surface area contributed by atoms with Gasteiger partial charge in [0.15, 0.2) is 0 Å². The first-order valence-electron chi connectivity index (χ1n) is 10.8. The Balaban J connectivity index is 1.55. The SMILES string of the molecule is COc1ccc(CNc2cc(C(N)=O)nc(-c3ccc(Oc4ccc(F)cc4)cc3)c2)c(OC)c1. The first-order valence-corrected chi connectivity index (χ1v) is 10.8. The Morgan fingerprint density at radius 3 is 2.17 bits per heavy atom. The number of methoxy groups -OCH3 is 2. The normalized spacial score (nSPS) is 10.5. The van der Waals surface area contributed by atoms with Gasteiger partial charge in [0, 0.05) is 29.4 Å². The van der Waals surface area contributed by atoms with Gasteiger partial charge >= 0.3 is 0 Å². The van der Waals surface area contributed by atoms with E-state index in [0.717, 1.165) is 11.1 Å². The molecule has 0 saturated heterocycles. The minimum atomic E-state index is -0.631. The molecule has 0 atom stereocenters. The summed E-state index contributed by atoms with van der Waals surface area (Å²) in [5.41, 5.74) is 8.59.